The van der Waals surface area contributed by atoms with Crippen LogP contribution >= 0.6 is 0 Å². The number of benzene rings is 1. The lowest BCUT2D eigenvalue weighted by molar-refractivity contribution is 0.0298. The smallest absolute Gasteiger partial charge is 0.147 e. The first kappa shape index (κ1) is 11.0. The van der Waals surface area contributed by atoms with Gasteiger partial charge in [-0.3, -0.25) is 0 Å². The van der Waals surface area contributed by atoms with Crippen LogP contribution in [0.4, 0.5) is 0 Å². The first-order valence-corrected chi connectivity index (χ1v) is 5.35. The molecule has 2 rings (SSSR count). The van der Waals surface area contributed by atoms with Crippen LogP contribution in [0.5, 0.6) is 5.75 Å². The number of aliphatic hydroxyl groups is 1. The first-order valence-electron chi connectivity index (χ1n) is 5.35. The zero-order valence-corrected chi connectivity index (χ0v) is 9.56. The molecule has 1 unspecified atom stereocenters. The molecule has 86 valence electrons. The molecular formula is C13H16O3. The molecule has 1 aliphatic heterocycles. The van der Waals surface area contributed by atoms with Crippen LogP contribution in [0, 0.1) is 0 Å². The zero-order valence-electron chi connectivity index (χ0n) is 9.56. The maximum atomic E-state index is 10.5. The third kappa shape index (κ3) is 1.78. The molecule has 0 saturated carbocycles. The number of hydrogen-bond acceptors (Lipinski definition) is 3. The van der Waals surface area contributed by atoms with E-state index in [0.717, 1.165) is 12.0 Å². The number of methoxy groups -OCH3 is 1. The van der Waals surface area contributed by atoms with Gasteiger partial charge in [0.15, 0.2) is 0 Å². The minimum Gasteiger partial charge on any atom is -0.496 e. The van der Waals surface area contributed by atoms with E-state index in [-0.39, 0.29) is 0 Å². The van der Waals surface area contributed by atoms with Crippen molar-refractivity contribution < 1.29 is 14.6 Å². The van der Waals surface area contributed by atoms with Crippen LogP contribution in [0.2, 0.25) is 0 Å². The Labute approximate surface area is 95.3 Å². The van der Waals surface area contributed by atoms with Crippen molar-refractivity contribution in [1.29, 1.82) is 0 Å². The summed E-state index contributed by atoms with van der Waals surface area (Å²) < 4.78 is 10.7. The molecule has 1 N–H and O–H groups in total. The quantitative estimate of drug-likeness (QED) is 0.848. The second kappa shape index (κ2) is 4.18. The minimum absolute atomic E-state index is 0.608. The minimum atomic E-state index is -1.12. The Morgan fingerprint density at radius 3 is 2.75 bits per heavy atom. The van der Waals surface area contributed by atoms with Crippen LogP contribution in [0.1, 0.15) is 18.9 Å². The van der Waals surface area contributed by atoms with E-state index in [4.69, 9.17) is 9.47 Å². The van der Waals surface area contributed by atoms with Crippen molar-refractivity contribution in [2.24, 2.45) is 0 Å². The van der Waals surface area contributed by atoms with Crippen molar-refractivity contribution in [1.82, 2.24) is 0 Å². The lowest BCUT2D eigenvalue weighted by Gasteiger charge is -2.26. The SMILES string of the molecule is COc1ccccc1C(C)(O)C1=CCCO1. The topological polar surface area (TPSA) is 38.7 Å². The summed E-state index contributed by atoms with van der Waals surface area (Å²) in [6, 6.07) is 7.44. The Bertz CT molecular complexity index is 407. The molecular weight excluding hydrogens is 204 g/mol. The van der Waals surface area contributed by atoms with Crippen molar-refractivity contribution in [3.05, 3.63) is 41.7 Å². The molecule has 3 heteroatoms. The summed E-state index contributed by atoms with van der Waals surface area (Å²) in [6.45, 7) is 2.36. The Balaban J connectivity index is 2.41. The van der Waals surface area contributed by atoms with E-state index < -0.39 is 5.60 Å². The standard InChI is InChI=1S/C13H16O3/c1-13(14,12-8-5-9-16-12)10-6-3-4-7-11(10)15-2/h3-4,6-8,14H,5,9H2,1-2H3. The van der Waals surface area contributed by atoms with Gasteiger partial charge in [0.1, 0.15) is 17.1 Å². The van der Waals surface area contributed by atoms with Gasteiger partial charge < -0.3 is 14.6 Å². The van der Waals surface area contributed by atoms with Crippen LogP contribution in [0.15, 0.2) is 36.1 Å². The summed E-state index contributed by atoms with van der Waals surface area (Å²) in [4.78, 5) is 0. The van der Waals surface area contributed by atoms with Crippen molar-refractivity contribution >= 4 is 0 Å². The van der Waals surface area contributed by atoms with Gasteiger partial charge >= 0.3 is 0 Å². The fraction of sp³-hybridized carbons (Fsp3) is 0.385. The summed E-state index contributed by atoms with van der Waals surface area (Å²) in [5, 5.41) is 10.5. The van der Waals surface area contributed by atoms with Crippen molar-refractivity contribution in [2.45, 2.75) is 18.9 Å². The number of para-hydroxylation sites is 1. The molecule has 1 atom stereocenters. The fourth-order valence-electron chi connectivity index (χ4n) is 1.94. The predicted octanol–water partition coefficient (Wildman–Crippen LogP) is 2.21. The molecule has 0 aliphatic carbocycles. The fourth-order valence-corrected chi connectivity index (χ4v) is 1.94. The highest BCUT2D eigenvalue weighted by molar-refractivity contribution is 5.41. The van der Waals surface area contributed by atoms with Crippen molar-refractivity contribution in [2.75, 3.05) is 13.7 Å². The molecule has 1 heterocycles. The highest BCUT2D eigenvalue weighted by Gasteiger charge is 2.34. The van der Waals surface area contributed by atoms with E-state index in [0.29, 0.717) is 18.1 Å². The molecule has 0 radical (unpaired) electrons. The van der Waals surface area contributed by atoms with Gasteiger partial charge in [-0.2, -0.15) is 0 Å². The summed E-state index contributed by atoms with van der Waals surface area (Å²) >= 11 is 0. The molecule has 1 aliphatic rings. The molecule has 0 aromatic heterocycles. The average molecular weight is 220 g/mol. The maximum Gasteiger partial charge on any atom is 0.147 e. The van der Waals surface area contributed by atoms with E-state index in [9.17, 15) is 5.11 Å². The number of hydrogen-bond donors (Lipinski definition) is 1. The number of rotatable bonds is 3. The van der Waals surface area contributed by atoms with Crippen LogP contribution in [-0.4, -0.2) is 18.8 Å². The van der Waals surface area contributed by atoms with E-state index >= 15 is 0 Å². The molecule has 0 saturated heterocycles. The third-order valence-corrected chi connectivity index (χ3v) is 2.82. The average Bonchev–Trinajstić information content (AvgIpc) is 2.83. The van der Waals surface area contributed by atoms with Crippen LogP contribution in [-0.2, 0) is 10.3 Å². The second-order valence-electron chi connectivity index (χ2n) is 3.98. The summed E-state index contributed by atoms with van der Waals surface area (Å²) in [5.74, 6) is 1.28. The van der Waals surface area contributed by atoms with E-state index in [2.05, 4.69) is 0 Å². The highest BCUT2D eigenvalue weighted by Crippen LogP contribution is 2.37. The third-order valence-electron chi connectivity index (χ3n) is 2.82. The summed E-state index contributed by atoms with van der Waals surface area (Å²) in [5.41, 5.74) is -0.394. The Morgan fingerprint density at radius 2 is 2.12 bits per heavy atom. The van der Waals surface area contributed by atoms with E-state index in [1.807, 2.05) is 30.3 Å². The molecule has 1 aromatic carbocycles. The maximum absolute atomic E-state index is 10.5. The molecule has 0 amide bonds. The lowest BCUT2D eigenvalue weighted by atomic mass is 9.93. The summed E-state index contributed by atoms with van der Waals surface area (Å²) in [7, 11) is 1.60. The predicted molar refractivity (Wildman–Crippen MR) is 61.2 cm³/mol. The molecule has 1 aromatic rings. The normalized spacial score (nSPS) is 18.6. The largest absolute Gasteiger partial charge is 0.496 e. The second-order valence-corrected chi connectivity index (χ2v) is 3.98. The summed E-state index contributed by atoms with van der Waals surface area (Å²) in [6.07, 6.45) is 2.77. The first-order chi connectivity index (χ1) is 7.66. The van der Waals surface area contributed by atoms with Crippen molar-refractivity contribution in [3.63, 3.8) is 0 Å². The lowest BCUT2D eigenvalue weighted by Crippen LogP contribution is -2.25. The van der Waals surface area contributed by atoms with Gasteiger partial charge in [-0.25, -0.2) is 0 Å². The van der Waals surface area contributed by atoms with Crippen LogP contribution in [0.3, 0.4) is 0 Å². The van der Waals surface area contributed by atoms with Crippen LogP contribution in [0.25, 0.3) is 0 Å². The van der Waals surface area contributed by atoms with Crippen molar-refractivity contribution in [3.8, 4) is 5.75 Å². The van der Waals surface area contributed by atoms with Crippen LogP contribution < -0.4 is 4.74 Å². The van der Waals surface area contributed by atoms with Gasteiger partial charge in [0, 0.05) is 12.0 Å². The van der Waals surface area contributed by atoms with E-state index in [1.165, 1.54) is 0 Å². The van der Waals surface area contributed by atoms with Gasteiger partial charge in [0.25, 0.3) is 0 Å². The zero-order chi connectivity index (χ0) is 11.6. The van der Waals surface area contributed by atoms with Gasteiger partial charge in [-0.1, -0.05) is 18.2 Å². The Kier molecular flexibility index (Phi) is 2.88. The molecule has 3 nitrogen and oxygen atoms in total. The van der Waals surface area contributed by atoms with Gasteiger partial charge in [-0.15, -0.1) is 0 Å². The molecule has 0 spiro atoms. The number of ether oxygens (including phenoxy) is 2. The monoisotopic (exact) mass is 220 g/mol. The highest BCUT2D eigenvalue weighted by atomic mass is 16.5. The Morgan fingerprint density at radius 1 is 1.38 bits per heavy atom. The van der Waals surface area contributed by atoms with Gasteiger partial charge in [0.05, 0.1) is 13.7 Å². The molecule has 0 bridgehead atoms. The van der Waals surface area contributed by atoms with E-state index in [1.54, 1.807) is 14.0 Å². The van der Waals surface area contributed by atoms with Gasteiger partial charge in [0.2, 0.25) is 0 Å². The van der Waals surface area contributed by atoms with Gasteiger partial charge in [-0.05, 0) is 19.1 Å². The molecule has 0 fully saturated rings. The molecule has 16 heavy (non-hydrogen) atoms. The Hall–Kier alpha value is -1.48.